The van der Waals surface area contributed by atoms with Gasteiger partial charge in [0, 0.05) is 16.2 Å². The highest BCUT2D eigenvalue weighted by Crippen LogP contribution is 2.25. The first kappa shape index (κ1) is 10.5. The third-order valence-corrected chi connectivity index (χ3v) is 2.54. The minimum atomic E-state index is 0.0677. The van der Waals surface area contributed by atoms with Crippen LogP contribution in [0.4, 0.5) is 5.69 Å². The van der Waals surface area contributed by atoms with Crippen LogP contribution in [-0.2, 0) is 0 Å². The smallest absolute Gasteiger partial charge is 0.0373 e. The monoisotopic (exact) mass is 242 g/mol. The van der Waals surface area contributed by atoms with Crippen LogP contribution in [0.15, 0.2) is 22.7 Å². The number of hydrogen-bond acceptors (Lipinski definition) is 2. The summed E-state index contributed by atoms with van der Waals surface area (Å²) >= 11 is 3.36. The van der Waals surface area contributed by atoms with Gasteiger partial charge in [0.15, 0.2) is 0 Å². The first-order valence-corrected chi connectivity index (χ1v) is 5.25. The number of rotatable bonds is 3. The average Bonchev–Trinajstić information content (AvgIpc) is 2.04. The molecule has 0 aliphatic rings. The Bertz CT molecular complexity index is 286. The molecule has 0 aromatic heterocycles. The van der Waals surface area contributed by atoms with Crippen LogP contribution in [0.25, 0.3) is 0 Å². The van der Waals surface area contributed by atoms with Gasteiger partial charge in [0.1, 0.15) is 0 Å². The highest BCUT2D eigenvalue weighted by molar-refractivity contribution is 9.10. The maximum atomic E-state index is 5.96. The van der Waals surface area contributed by atoms with E-state index in [-0.39, 0.29) is 6.04 Å². The van der Waals surface area contributed by atoms with Crippen molar-refractivity contribution in [2.45, 2.75) is 25.8 Å². The molecular formula is C10H15BrN2. The third kappa shape index (κ3) is 2.71. The van der Waals surface area contributed by atoms with Gasteiger partial charge < -0.3 is 11.5 Å². The molecule has 0 radical (unpaired) electrons. The van der Waals surface area contributed by atoms with E-state index in [0.29, 0.717) is 0 Å². The molecular weight excluding hydrogens is 228 g/mol. The lowest BCUT2D eigenvalue weighted by atomic mass is 10.0. The van der Waals surface area contributed by atoms with E-state index >= 15 is 0 Å². The van der Waals surface area contributed by atoms with Crippen molar-refractivity contribution in [2.75, 3.05) is 5.73 Å². The Labute approximate surface area is 87.4 Å². The zero-order chi connectivity index (χ0) is 9.84. The van der Waals surface area contributed by atoms with E-state index in [1.165, 1.54) is 0 Å². The largest absolute Gasteiger partial charge is 0.398 e. The maximum Gasteiger partial charge on any atom is 0.0373 e. The fourth-order valence-corrected chi connectivity index (χ4v) is 1.73. The van der Waals surface area contributed by atoms with E-state index in [0.717, 1.165) is 28.6 Å². The number of nitrogen functional groups attached to an aromatic ring is 1. The first-order chi connectivity index (χ1) is 6.15. The zero-order valence-corrected chi connectivity index (χ0v) is 9.34. The minimum Gasteiger partial charge on any atom is -0.398 e. The summed E-state index contributed by atoms with van der Waals surface area (Å²) in [6.45, 7) is 2.12. The molecule has 1 rings (SSSR count). The van der Waals surface area contributed by atoms with Crippen molar-refractivity contribution in [2.24, 2.45) is 5.73 Å². The number of nitrogens with two attached hydrogens (primary N) is 2. The molecule has 0 saturated carbocycles. The molecule has 72 valence electrons. The van der Waals surface area contributed by atoms with Crippen LogP contribution in [-0.4, -0.2) is 0 Å². The second kappa shape index (κ2) is 4.63. The van der Waals surface area contributed by atoms with Gasteiger partial charge in [-0.2, -0.15) is 0 Å². The van der Waals surface area contributed by atoms with Crippen LogP contribution in [0.5, 0.6) is 0 Å². The predicted octanol–water partition coefficient (Wildman–Crippen LogP) is 2.83. The van der Waals surface area contributed by atoms with Crippen LogP contribution in [0.3, 0.4) is 0 Å². The SMILES string of the molecule is CCCC(N)c1ccc(Br)cc1N. The summed E-state index contributed by atoms with van der Waals surface area (Å²) in [4.78, 5) is 0. The lowest BCUT2D eigenvalue weighted by molar-refractivity contribution is 0.640. The van der Waals surface area contributed by atoms with Gasteiger partial charge in [-0.3, -0.25) is 0 Å². The molecule has 1 aromatic rings. The quantitative estimate of drug-likeness (QED) is 0.802. The van der Waals surface area contributed by atoms with Gasteiger partial charge in [-0.25, -0.2) is 0 Å². The molecule has 13 heavy (non-hydrogen) atoms. The van der Waals surface area contributed by atoms with Crippen molar-refractivity contribution in [3.05, 3.63) is 28.2 Å². The molecule has 0 amide bonds. The molecule has 0 spiro atoms. The Kier molecular flexibility index (Phi) is 3.75. The fourth-order valence-electron chi connectivity index (χ4n) is 1.35. The standard InChI is InChI=1S/C10H15BrN2/c1-2-3-9(12)8-5-4-7(11)6-10(8)13/h4-6,9H,2-3,12-13H2,1H3. The summed E-state index contributed by atoms with van der Waals surface area (Å²) in [7, 11) is 0. The van der Waals surface area contributed by atoms with Gasteiger partial charge in [-0.05, 0) is 24.1 Å². The molecule has 1 atom stereocenters. The van der Waals surface area contributed by atoms with Crippen LogP contribution in [0.2, 0.25) is 0 Å². The summed E-state index contributed by atoms with van der Waals surface area (Å²) in [5, 5.41) is 0. The van der Waals surface area contributed by atoms with Crippen molar-refractivity contribution in [3.8, 4) is 0 Å². The predicted molar refractivity (Wildman–Crippen MR) is 60.4 cm³/mol. The van der Waals surface area contributed by atoms with E-state index < -0.39 is 0 Å². The number of halogens is 1. The second-order valence-electron chi connectivity index (χ2n) is 3.17. The van der Waals surface area contributed by atoms with Crippen LogP contribution >= 0.6 is 15.9 Å². The molecule has 1 unspecified atom stereocenters. The lowest BCUT2D eigenvalue weighted by Gasteiger charge is -2.13. The normalized spacial score (nSPS) is 12.8. The number of hydrogen-bond donors (Lipinski definition) is 2. The molecule has 0 fully saturated rings. The highest BCUT2D eigenvalue weighted by atomic mass is 79.9. The Morgan fingerprint density at radius 2 is 2.15 bits per heavy atom. The van der Waals surface area contributed by atoms with E-state index in [2.05, 4.69) is 22.9 Å². The van der Waals surface area contributed by atoms with Crippen molar-refractivity contribution < 1.29 is 0 Å². The van der Waals surface area contributed by atoms with E-state index in [1.807, 2.05) is 18.2 Å². The second-order valence-corrected chi connectivity index (χ2v) is 4.08. The molecule has 3 heteroatoms. The molecule has 0 heterocycles. The summed E-state index contributed by atoms with van der Waals surface area (Å²) < 4.78 is 0.998. The number of anilines is 1. The van der Waals surface area contributed by atoms with E-state index in [9.17, 15) is 0 Å². The Hall–Kier alpha value is -0.540. The van der Waals surface area contributed by atoms with Crippen molar-refractivity contribution in [1.29, 1.82) is 0 Å². The fraction of sp³-hybridized carbons (Fsp3) is 0.400. The van der Waals surface area contributed by atoms with Crippen LogP contribution in [0, 0.1) is 0 Å². The molecule has 0 saturated heterocycles. The molecule has 2 nitrogen and oxygen atoms in total. The van der Waals surface area contributed by atoms with Crippen LogP contribution in [0.1, 0.15) is 31.4 Å². The third-order valence-electron chi connectivity index (χ3n) is 2.05. The van der Waals surface area contributed by atoms with Crippen LogP contribution < -0.4 is 11.5 Å². The molecule has 4 N–H and O–H groups in total. The summed E-state index contributed by atoms with van der Waals surface area (Å²) in [5.41, 5.74) is 13.6. The molecule has 1 aromatic carbocycles. The molecule has 0 aliphatic heterocycles. The lowest BCUT2D eigenvalue weighted by Crippen LogP contribution is -2.11. The zero-order valence-electron chi connectivity index (χ0n) is 7.76. The van der Waals surface area contributed by atoms with Gasteiger partial charge in [0.25, 0.3) is 0 Å². The highest BCUT2D eigenvalue weighted by Gasteiger charge is 2.07. The topological polar surface area (TPSA) is 52.0 Å². The molecule has 0 aliphatic carbocycles. The first-order valence-electron chi connectivity index (χ1n) is 4.45. The summed E-state index contributed by atoms with van der Waals surface area (Å²) in [6.07, 6.45) is 2.06. The van der Waals surface area contributed by atoms with E-state index in [1.54, 1.807) is 0 Å². The van der Waals surface area contributed by atoms with Gasteiger partial charge in [0.2, 0.25) is 0 Å². The van der Waals surface area contributed by atoms with Gasteiger partial charge in [0.05, 0.1) is 0 Å². The molecule has 0 bridgehead atoms. The summed E-state index contributed by atoms with van der Waals surface area (Å²) in [5.74, 6) is 0. The van der Waals surface area contributed by atoms with Crippen molar-refractivity contribution in [1.82, 2.24) is 0 Å². The Morgan fingerprint density at radius 1 is 1.46 bits per heavy atom. The Morgan fingerprint density at radius 3 is 2.69 bits per heavy atom. The van der Waals surface area contributed by atoms with Gasteiger partial charge in [-0.1, -0.05) is 35.3 Å². The average molecular weight is 243 g/mol. The van der Waals surface area contributed by atoms with Gasteiger partial charge >= 0.3 is 0 Å². The number of benzene rings is 1. The maximum absolute atomic E-state index is 5.96. The summed E-state index contributed by atoms with van der Waals surface area (Å²) in [6, 6.07) is 5.92. The van der Waals surface area contributed by atoms with Crippen molar-refractivity contribution in [3.63, 3.8) is 0 Å². The Balaban J connectivity index is 2.88. The van der Waals surface area contributed by atoms with Crippen molar-refractivity contribution >= 4 is 21.6 Å². The minimum absolute atomic E-state index is 0.0677. The van der Waals surface area contributed by atoms with Gasteiger partial charge in [-0.15, -0.1) is 0 Å². The van der Waals surface area contributed by atoms with E-state index in [4.69, 9.17) is 11.5 Å².